The van der Waals surface area contributed by atoms with Crippen molar-refractivity contribution in [2.75, 3.05) is 14.2 Å². The van der Waals surface area contributed by atoms with Crippen LogP contribution in [0.5, 0.6) is 17.2 Å². The summed E-state index contributed by atoms with van der Waals surface area (Å²) in [7, 11) is 3.13. The first kappa shape index (κ1) is 28.3. The minimum Gasteiger partial charge on any atom is -0.493 e. The molecule has 0 saturated heterocycles. The fourth-order valence-electron chi connectivity index (χ4n) is 3.81. The lowest BCUT2D eigenvalue weighted by atomic mass is 10.1. The predicted molar refractivity (Wildman–Crippen MR) is 161 cm³/mol. The van der Waals surface area contributed by atoms with Crippen LogP contribution >= 0.6 is 47.8 Å². The van der Waals surface area contributed by atoms with E-state index in [-0.39, 0.29) is 11.5 Å². The molecule has 0 aliphatic rings. The van der Waals surface area contributed by atoms with E-state index in [2.05, 4.69) is 59.8 Å². The van der Waals surface area contributed by atoms with E-state index in [1.54, 1.807) is 38.6 Å². The van der Waals surface area contributed by atoms with E-state index in [9.17, 15) is 4.79 Å². The molecule has 0 radical (unpaired) electrons. The van der Waals surface area contributed by atoms with Crippen LogP contribution in [0.15, 0.2) is 71.8 Å². The highest BCUT2D eigenvalue weighted by molar-refractivity contribution is 9.11. The second-order valence-electron chi connectivity index (χ2n) is 8.58. The van der Waals surface area contributed by atoms with Crippen LogP contribution in [0.25, 0.3) is 10.9 Å². The molecule has 0 spiro atoms. The topological polar surface area (TPSA) is 74.9 Å². The highest BCUT2D eigenvalue weighted by atomic mass is 79.9. The van der Waals surface area contributed by atoms with Gasteiger partial charge < -0.3 is 14.2 Å². The summed E-state index contributed by atoms with van der Waals surface area (Å²) >= 11 is 10.5. The molecule has 0 aliphatic heterocycles. The average Bonchev–Trinajstić information content (AvgIpc) is 2.91. The van der Waals surface area contributed by atoms with Crippen molar-refractivity contribution in [2.24, 2.45) is 5.10 Å². The molecule has 1 atom stereocenters. The van der Waals surface area contributed by atoms with E-state index in [0.29, 0.717) is 46.1 Å². The van der Waals surface area contributed by atoms with Crippen molar-refractivity contribution in [1.29, 1.82) is 0 Å². The first-order valence-electron chi connectivity index (χ1n) is 11.8. The van der Waals surface area contributed by atoms with Gasteiger partial charge in [-0.1, -0.05) is 67.7 Å². The lowest BCUT2D eigenvalue weighted by Crippen LogP contribution is -2.23. The van der Waals surface area contributed by atoms with Gasteiger partial charge in [0.25, 0.3) is 5.56 Å². The maximum atomic E-state index is 13.4. The number of fused-ring (bicyclic) bond motifs is 1. The van der Waals surface area contributed by atoms with Crippen molar-refractivity contribution in [3.8, 4) is 17.2 Å². The van der Waals surface area contributed by atoms with Crippen molar-refractivity contribution in [1.82, 2.24) is 9.66 Å². The number of methoxy groups -OCH3 is 2. The van der Waals surface area contributed by atoms with Crippen LogP contribution in [-0.2, 0) is 6.61 Å². The van der Waals surface area contributed by atoms with E-state index in [1.807, 2.05) is 37.3 Å². The summed E-state index contributed by atoms with van der Waals surface area (Å²) in [5.74, 6) is 2.06. The summed E-state index contributed by atoms with van der Waals surface area (Å²) in [6.07, 6.45) is 2.41. The normalized spacial score (nSPS) is 12.2. The molecule has 0 fully saturated rings. The van der Waals surface area contributed by atoms with Gasteiger partial charge in [-0.25, -0.2) is 4.98 Å². The number of ether oxygens (including phenoxy) is 3. The quantitative estimate of drug-likeness (QED) is 0.167. The molecule has 0 bridgehead atoms. The molecular formula is C28H26Br3N3O4. The van der Waals surface area contributed by atoms with Crippen LogP contribution in [0.4, 0.5) is 0 Å². The molecule has 3 aromatic carbocycles. The zero-order chi connectivity index (χ0) is 27.4. The molecule has 4 rings (SSSR count). The number of nitrogens with zero attached hydrogens (tertiary/aromatic N) is 3. The molecule has 7 nitrogen and oxygen atoms in total. The molecule has 0 aliphatic carbocycles. The number of halogens is 3. The smallest absolute Gasteiger partial charge is 0.282 e. The second kappa shape index (κ2) is 12.4. The van der Waals surface area contributed by atoms with E-state index >= 15 is 0 Å². The third kappa shape index (κ3) is 6.13. The van der Waals surface area contributed by atoms with E-state index in [0.717, 1.165) is 25.4 Å². The van der Waals surface area contributed by atoms with E-state index in [1.165, 1.54) is 4.68 Å². The number of benzene rings is 3. The molecule has 0 N–H and O–H groups in total. The lowest BCUT2D eigenvalue weighted by Gasteiger charge is -2.16. The van der Waals surface area contributed by atoms with Gasteiger partial charge in [-0.15, -0.1) is 0 Å². The van der Waals surface area contributed by atoms with Crippen molar-refractivity contribution in [2.45, 2.75) is 32.8 Å². The standard InChI is InChI=1S/C28H26Br3N3O4/c1-5-16(2)27-33-23-9-8-19(29)12-21(23)28(35)34(27)32-14-17-10-24(36-3)26(25(11-17)37-4)38-15-18-6-7-20(30)13-22(18)31/h6-14,16H,5,15H2,1-4H3/t16-/m1/s1. The van der Waals surface area contributed by atoms with Gasteiger partial charge in [-0.05, 0) is 48.9 Å². The summed E-state index contributed by atoms with van der Waals surface area (Å²) in [6, 6.07) is 14.9. The largest absolute Gasteiger partial charge is 0.493 e. The third-order valence-corrected chi connectivity index (χ3v) is 7.80. The SMILES string of the molecule is CC[C@@H](C)c1nc2ccc(Br)cc2c(=O)n1N=Cc1cc(OC)c(OCc2ccc(Br)cc2Br)c(OC)c1. The minimum atomic E-state index is -0.234. The molecule has 0 saturated carbocycles. The van der Waals surface area contributed by atoms with Crippen LogP contribution in [0.3, 0.4) is 0 Å². The number of aromatic nitrogens is 2. The van der Waals surface area contributed by atoms with Gasteiger partial charge in [0.1, 0.15) is 12.4 Å². The molecule has 4 aromatic rings. The van der Waals surface area contributed by atoms with Crippen molar-refractivity contribution >= 4 is 64.9 Å². The third-order valence-electron chi connectivity index (χ3n) is 6.08. The van der Waals surface area contributed by atoms with Crippen LogP contribution in [0.2, 0.25) is 0 Å². The van der Waals surface area contributed by atoms with E-state index < -0.39 is 0 Å². The molecule has 198 valence electrons. The predicted octanol–water partition coefficient (Wildman–Crippen LogP) is 7.68. The number of hydrogen-bond donors (Lipinski definition) is 0. The van der Waals surface area contributed by atoms with Crippen LogP contribution < -0.4 is 19.8 Å². The van der Waals surface area contributed by atoms with Gasteiger partial charge in [-0.2, -0.15) is 9.78 Å². The average molecular weight is 708 g/mol. The molecule has 10 heteroatoms. The van der Waals surface area contributed by atoms with Crippen LogP contribution in [-0.4, -0.2) is 30.1 Å². The highest BCUT2D eigenvalue weighted by Crippen LogP contribution is 2.39. The summed E-state index contributed by atoms with van der Waals surface area (Å²) < 4.78 is 21.4. The van der Waals surface area contributed by atoms with E-state index in [4.69, 9.17) is 19.2 Å². The Kier molecular flexibility index (Phi) is 9.27. The fraction of sp³-hybridized carbons (Fsp3) is 0.250. The van der Waals surface area contributed by atoms with Gasteiger partial charge in [-0.3, -0.25) is 4.79 Å². The van der Waals surface area contributed by atoms with Crippen molar-refractivity contribution < 1.29 is 14.2 Å². The van der Waals surface area contributed by atoms with Gasteiger partial charge in [0, 0.05) is 30.5 Å². The molecule has 0 unspecified atom stereocenters. The first-order chi connectivity index (χ1) is 18.2. The van der Waals surface area contributed by atoms with Gasteiger partial charge in [0.15, 0.2) is 11.5 Å². The Labute approximate surface area is 246 Å². The molecule has 1 heterocycles. The Morgan fingerprint density at radius 1 is 1.00 bits per heavy atom. The fourth-order valence-corrected chi connectivity index (χ4v) is 5.33. The Morgan fingerprint density at radius 3 is 2.29 bits per heavy atom. The monoisotopic (exact) mass is 705 g/mol. The van der Waals surface area contributed by atoms with Gasteiger partial charge >= 0.3 is 0 Å². The summed E-state index contributed by atoms with van der Waals surface area (Å²) in [4.78, 5) is 18.2. The second-order valence-corrected chi connectivity index (χ2v) is 11.3. The Balaban J connectivity index is 1.72. The molecule has 1 aromatic heterocycles. The van der Waals surface area contributed by atoms with Gasteiger partial charge in [0.05, 0.1) is 31.3 Å². The number of hydrogen-bond acceptors (Lipinski definition) is 6. The van der Waals surface area contributed by atoms with Gasteiger partial charge in [0.2, 0.25) is 5.75 Å². The maximum absolute atomic E-state index is 13.4. The van der Waals surface area contributed by atoms with Crippen molar-refractivity contribution in [3.05, 3.63) is 89.3 Å². The lowest BCUT2D eigenvalue weighted by molar-refractivity contribution is 0.265. The zero-order valence-corrected chi connectivity index (χ0v) is 26.1. The van der Waals surface area contributed by atoms with Crippen molar-refractivity contribution in [3.63, 3.8) is 0 Å². The maximum Gasteiger partial charge on any atom is 0.282 e. The first-order valence-corrected chi connectivity index (χ1v) is 14.2. The highest BCUT2D eigenvalue weighted by Gasteiger charge is 2.17. The summed E-state index contributed by atoms with van der Waals surface area (Å²) in [6.45, 7) is 4.39. The Hall–Kier alpha value is -2.69. The summed E-state index contributed by atoms with van der Waals surface area (Å²) in [5, 5.41) is 5.05. The minimum absolute atomic E-state index is 0.0330. The molecule has 0 amide bonds. The molecule has 38 heavy (non-hydrogen) atoms. The van der Waals surface area contributed by atoms with Crippen LogP contribution in [0.1, 0.15) is 43.1 Å². The molecular weight excluding hydrogens is 682 g/mol. The summed E-state index contributed by atoms with van der Waals surface area (Å²) in [5.41, 5.74) is 2.05. The zero-order valence-electron chi connectivity index (χ0n) is 21.3. The van der Waals surface area contributed by atoms with Crippen LogP contribution in [0, 0.1) is 0 Å². The Bertz CT molecular complexity index is 1540. The number of rotatable bonds is 9. The Morgan fingerprint density at radius 2 is 1.66 bits per heavy atom.